The maximum atomic E-state index is 12.5. The molecule has 0 saturated carbocycles. The minimum absolute atomic E-state index is 0.132. The summed E-state index contributed by atoms with van der Waals surface area (Å²) in [6, 6.07) is 11.4. The first-order valence-corrected chi connectivity index (χ1v) is 8.74. The van der Waals surface area contributed by atoms with Gasteiger partial charge in [-0.15, -0.1) is 0 Å². The van der Waals surface area contributed by atoms with Crippen LogP contribution in [0.4, 0.5) is 11.4 Å². The number of amides is 1. The van der Waals surface area contributed by atoms with Gasteiger partial charge >= 0.3 is 0 Å². The Morgan fingerprint density at radius 3 is 2.66 bits per heavy atom. The highest BCUT2D eigenvalue weighted by Crippen LogP contribution is 2.29. The maximum absolute atomic E-state index is 12.5. The van der Waals surface area contributed by atoms with Gasteiger partial charge < -0.3 is 14.8 Å². The van der Waals surface area contributed by atoms with Crippen LogP contribution < -0.4 is 14.8 Å². The Morgan fingerprint density at radius 2 is 1.97 bits per heavy atom. The molecule has 1 heterocycles. The predicted molar refractivity (Wildman–Crippen MR) is 106 cm³/mol. The molecule has 0 aliphatic heterocycles. The van der Waals surface area contributed by atoms with Crippen molar-refractivity contribution in [2.75, 3.05) is 12.4 Å². The molecule has 0 fully saturated rings. The van der Waals surface area contributed by atoms with Crippen LogP contribution in [-0.4, -0.2) is 27.7 Å². The summed E-state index contributed by atoms with van der Waals surface area (Å²) in [5.74, 6) is 0.459. The third kappa shape index (κ3) is 4.70. The minimum atomic E-state index is -0.536. The molecule has 9 nitrogen and oxygen atoms in total. The number of carbonyl (C=O) groups is 1. The summed E-state index contributed by atoms with van der Waals surface area (Å²) in [6.07, 6.45) is 1.63. The molecule has 150 valence electrons. The van der Waals surface area contributed by atoms with Crippen molar-refractivity contribution >= 4 is 17.3 Å². The molecule has 9 heteroatoms. The Labute approximate surface area is 167 Å². The summed E-state index contributed by atoms with van der Waals surface area (Å²) in [7, 11) is 1.37. The number of hydrogen-bond acceptors (Lipinski definition) is 6. The first-order chi connectivity index (χ1) is 13.9. The number of nitrogens with one attached hydrogen (secondary N) is 1. The Kier molecular flexibility index (Phi) is 5.77. The molecule has 2 aromatic carbocycles. The number of aromatic nitrogens is 2. The van der Waals surface area contributed by atoms with Crippen molar-refractivity contribution in [2.24, 2.45) is 0 Å². The molecule has 0 spiro atoms. The molecule has 0 bridgehead atoms. The van der Waals surface area contributed by atoms with Gasteiger partial charge in [0, 0.05) is 12.3 Å². The third-order valence-corrected chi connectivity index (χ3v) is 4.20. The van der Waals surface area contributed by atoms with Crippen molar-refractivity contribution in [3.63, 3.8) is 0 Å². The van der Waals surface area contributed by atoms with Crippen LogP contribution in [0, 0.1) is 24.0 Å². The van der Waals surface area contributed by atoms with Crippen molar-refractivity contribution in [1.29, 1.82) is 0 Å². The highest BCUT2D eigenvalue weighted by molar-refractivity contribution is 6.03. The fraction of sp³-hybridized carbons (Fsp3) is 0.200. The molecule has 1 aromatic heterocycles. The van der Waals surface area contributed by atoms with Gasteiger partial charge in [0.15, 0.2) is 12.4 Å². The number of benzene rings is 2. The number of carbonyl (C=O) groups excluding carboxylic acids is 1. The largest absolute Gasteiger partial charge is 0.494 e. The lowest BCUT2D eigenvalue weighted by atomic mass is 10.1. The first kappa shape index (κ1) is 19.9. The van der Waals surface area contributed by atoms with Crippen molar-refractivity contribution < 1.29 is 19.2 Å². The topological polar surface area (TPSA) is 109 Å². The number of non-ortho nitro benzene ring substituents is 1. The van der Waals surface area contributed by atoms with E-state index in [4.69, 9.17) is 9.47 Å². The molecule has 3 aromatic rings. The van der Waals surface area contributed by atoms with Crippen LogP contribution in [0.3, 0.4) is 0 Å². The van der Waals surface area contributed by atoms with E-state index < -0.39 is 10.8 Å². The van der Waals surface area contributed by atoms with E-state index in [-0.39, 0.29) is 23.9 Å². The molecule has 29 heavy (non-hydrogen) atoms. The van der Waals surface area contributed by atoms with E-state index in [1.54, 1.807) is 12.3 Å². The number of ether oxygens (including phenoxy) is 2. The normalized spacial score (nSPS) is 10.4. The van der Waals surface area contributed by atoms with Crippen molar-refractivity contribution in [3.05, 3.63) is 75.6 Å². The second kappa shape index (κ2) is 8.42. The van der Waals surface area contributed by atoms with Crippen LogP contribution in [-0.2, 0) is 6.73 Å². The van der Waals surface area contributed by atoms with Crippen LogP contribution in [0.15, 0.2) is 48.7 Å². The summed E-state index contributed by atoms with van der Waals surface area (Å²) in [5.41, 5.74) is 2.52. The van der Waals surface area contributed by atoms with Gasteiger partial charge in [-0.1, -0.05) is 17.7 Å². The zero-order valence-electron chi connectivity index (χ0n) is 16.2. The molecule has 1 N–H and O–H groups in total. The average Bonchev–Trinajstić information content (AvgIpc) is 3.16. The highest BCUT2D eigenvalue weighted by atomic mass is 16.6. The quantitative estimate of drug-likeness (QED) is 0.482. The second-order valence-corrected chi connectivity index (χ2v) is 6.38. The van der Waals surface area contributed by atoms with Crippen molar-refractivity contribution in [3.8, 4) is 11.5 Å². The van der Waals surface area contributed by atoms with Gasteiger partial charge in [0.05, 0.1) is 23.8 Å². The average molecular weight is 396 g/mol. The summed E-state index contributed by atoms with van der Waals surface area (Å²) in [4.78, 5) is 22.8. The highest BCUT2D eigenvalue weighted by Gasteiger charge is 2.16. The fourth-order valence-corrected chi connectivity index (χ4v) is 2.73. The lowest BCUT2D eigenvalue weighted by Gasteiger charge is -2.10. The van der Waals surface area contributed by atoms with Crippen molar-refractivity contribution in [1.82, 2.24) is 9.78 Å². The number of hydrogen-bond donors (Lipinski definition) is 1. The van der Waals surface area contributed by atoms with Crippen LogP contribution in [0.25, 0.3) is 0 Å². The standard InChI is InChI=1S/C20H20N4O5/c1-13-4-7-18(14(2)10-13)29-12-23-9-8-17(22-23)20(25)21-16-6-5-15(24(26)27)11-19(16)28-3/h4-11H,12H2,1-3H3,(H,21,25). The SMILES string of the molecule is COc1cc([N+](=O)[O-])ccc1NC(=O)c1ccn(COc2ccc(C)cc2C)n1. The van der Waals surface area contributed by atoms with E-state index in [9.17, 15) is 14.9 Å². The number of nitro groups is 1. The van der Waals surface area contributed by atoms with Gasteiger partial charge in [-0.05, 0) is 37.6 Å². The van der Waals surface area contributed by atoms with Crippen molar-refractivity contribution in [2.45, 2.75) is 20.6 Å². The van der Waals surface area contributed by atoms with Crippen LogP contribution in [0.1, 0.15) is 21.6 Å². The number of anilines is 1. The number of rotatable bonds is 7. The van der Waals surface area contributed by atoms with E-state index in [1.165, 1.54) is 30.0 Å². The maximum Gasteiger partial charge on any atom is 0.276 e. The number of aryl methyl sites for hydroxylation is 2. The van der Waals surface area contributed by atoms with Crippen LogP contribution in [0.2, 0.25) is 0 Å². The van der Waals surface area contributed by atoms with Crippen LogP contribution >= 0.6 is 0 Å². The fourth-order valence-electron chi connectivity index (χ4n) is 2.73. The Hall–Kier alpha value is -3.88. The lowest BCUT2D eigenvalue weighted by molar-refractivity contribution is -0.384. The first-order valence-electron chi connectivity index (χ1n) is 8.74. The van der Waals surface area contributed by atoms with E-state index in [1.807, 2.05) is 32.0 Å². The lowest BCUT2D eigenvalue weighted by Crippen LogP contribution is -2.15. The van der Waals surface area contributed by atoms with Gasteiger partial charge in [-0.3, -0.25) is 14.9 Å². The molecule has 3 rings (SSSR count). The zero-order valence-corrected chi connectivity index (χ0v) is 16.2. The minimum Gasteiger partial charge on any atom is -0.494 e. The Morgan fingerprint density at radius 1 is 1.17 bits per heavy atom. The van der Waals surface area contributed by atoms with Gasteiger partial charge in [-0.25, -0.2) is 4.68 Å². The molecule has 0 aliphatic carbocycles. The second-order valence-electron chi connectivity index (χ2n) is 6.38. The van der Waals surface area contributed by atoms with Gasteiger partial charge in [0.2, 0.25) is 0 Å². The molecular weight excluding hydrogens is 376 g/mol. The molecule has 0 atom stereocenters. The molecule has 0 saturated heterocycles. The van der Waals surface area contributed by atoms with E-state index in [0.717, 1.165) is 16.9 Å². The molecule has 0 radical (unpaired) electrons. The smallest absolute Gasteiger partial charge is 0.276 e. The number of nitrogens with zero attached hydrogens (tertiary/aromatic N) is 3. The molecule has 1 amide bonds. The Bertz CT molecular complexity index is 1060. The van der Waals surface area contributed by atoms with E-state index >= 15 is 0 Å². The van der Waals surface area contributed by atoms with Gasteiger partial charge in [0.1, 0.15) is 11.5 Å². The summed E-state index contributed by atoms with van der Waals surface area (Å²) in [6.45, 7) is 4.12. The van der Waals surface area contributed by atoms with Crippen LogP contribution in [0.5, 0.6) is 11.5 Å². The van der Waals surface area contributed by atoms with E-state index in [2.05, 4.69) is 10.4 Å². The van der Waals surface area contributed by atoms with Gasteiger partial charge in [0.25, 0.3) is 11.6 Å². The Balaban J connectivity index is 1.67. The summed E-state index contributed by atoms with van der Waals surface area (Å²) >= 11 is 0. The monoisotopic (exact) mass is 396 g/mol. The summed E-state index contributed by atoms with van der Waals surface area (Å²) in [5, 5.41) is 17.7. The molecular formula is C20H20N4O5. The molecule has 0 unspecified atom stereocenters. The summed E-state index contributed by atoms with van der Waals surface area (Å²) < 4.78 is 12.4. The van der Waals surface area contributed by atoms with Gasteiger partial charge in [-0.2, -0.15) is 5.10 Å². The third-order valence-electron chi connectivity index (χ3n) is 4.20. The zero-order chi connectivity index (χ0) is 21.0. The van der Waals surface area contributed by atoms with E-state index in [0.29, 0.717) is 5.69 Å². The number of nitro benzene ring substituents is 1. The molecule has 0 aliphatic rings. The number of methoxy groups -OCH3 is 1. The predicted octanol–water partition coefficient (Wildman–Crippen LogP) is 3.71.